The maximum Gasteiger partial charge on any atom is 0.309 e. The molecule has 0 atom stereocenters. The predicted octanol–water partition coefficient (Wildman–Crippen LogP) is 6.23. The van der Waals surface area contributed by atoms with E-state index in [1.165, 1.54) is 29.2 Å². The minimum atomic E-state index is -0.0282. The Labute approximate surface area is 211 Å². The SMILES string of the molecule is CCOC(=O)C1CCN(Cc2ccc3cc(OC4CCC(COCC(C)C)CC4)ccc3c2)CC1. The number of likely N-dealkylation sites (tertiary alicyclic amines) is 1. The molecule has 0 spiro atoms. The summed E-state index contributed by atoms with van der Waals surface area (Å²) in [5, 5.41) is 2.48. The lowest BCUT2D eigenvalue weighted by Crippen LogP contribution is -2.36. The molecule has 2 aromatic carbocycles. The van der Waals surface area contributed by atoms with E-state index in [1.54, 1.807) is 0 Å². The number of ether oxygens (including phenoxy) is 3. The van der Waals surface area contributed by atoms with Crippen LogP contribution < -0.4 is 4.74 Å². The zero-order valence-corrected chi connectivity index (χ0v) is 21.8. The highest BCUT2D eigenvalue weighted by Gasteiger charge is 2.26. The number of piperidine rings is 1. The van der Waals surface area contributed by atoms with E-state index < -0.39 is 0 Å². The molecular formula is C30H43NO4. The average molecular weight is 482 g/mol. The summed E-state index contributed by atoms with van der Waals surface area (Å²) in [5.74, 6) is 2.30. The van der Waals surface area contributed by atoms with Crippen LogP contribution in [0, 0.1) is 17.8 Å². The summed E-state index contributed by atoms with van der Waals surface area (Å²) < 4.78 is 17.4. The van der Waals surface area contributed by atoms with Crippen LogP contribution in [-0.2, 0) is 20.8 Å². The maximum atomic E-state index is 12.0. The fourth-order valence-corrected chi connectivity index (χ4v) is 5.37. The molecule has 0 radical (unpaired) electrons. The summed E-state index contributed by atoms with van der Waals surface area (Å²) in [6.07, 6.45) is 6.69. The van der Waals surface area contributed by atoms with Gasteiger partial charge >= 0.3 is 5.97 Å². The molecule has 5 heteroatoms. The Bertz CT molecular complexity index is 943. The standard InChI is InChI=1S/C30H43NO4/c1-4-34-30(32)25-13-15-31(16-14-25)19-24-5-8-27-18-29(12-9-26(27)17-24)35-28-10-6-23(7-11-28)21-33-20-22(2)3/h5,8-9,12,17-18,22-23,25,28H,4,6-7,10-11,13-16,19-21H2,1-3H3. The number of carbonyl (C=O) groups is 1. The first-order valence-corrected chi connectivity index (χ1v) is 13.7. The number of hydrogen-bond donors (Lipinski definition) is 0. The summed E-state index contributed by atoms with van der Waals surface area (Å²) in [6.45, 7) is 11.3. The number of hydrogen-bond acceptors (Lipinski definition) is 5. The fourth-order valence-electron chi connectivity index (χ4n) is 5.37. The normalized spacial score (nSPS) is 21.9. The molecule has 1 saturated carbocycles. The van der Waals surface area contributed by atoms with Crippen LogP contribution in [0.15, 0.2) is 36.4 Å². The minimum absolute atomic E-state index is 0.0282. The smallest absolute Gasteiger partial charge is 0.309 e. The van der Waals surface area contributed by atoms with Crippen LogP contribution in [-0.4, -0.2) is 49.9 Å². The highest BCUT2D eigenvalue weighted by Crippen LogP contribution is 2.30. The molecule has 0 N–H and O–H groups in total. The minimum Gasteiger partial charge on any atom is -0.490 e. The third-order valence-corrected chi connectivity index (χ3v) is 7.39. The molecule has 5 nitrogen and oxygen atoms in total. The van der Waals surface area contributed by atoms with E-state index >= 15 is 0 Å². The van der Waals surface area contributed by atoms with Crippen molar-refractivity contribution in [2.75, 3.05) is 32.9 Å². The van der Waals surface area contributed by atoms with Crippen molar-refractivity contribution in [2.45, 2.75) is 71.9 Å². The van der Waals surface area contributed by atoms with E-state index in [1.807, 2.05) is 6.92 Å². The Morgan fingerprint density at radius 1 is 0.971 bits per heavy atom. The van der Waals surface area contributed by atoms with E-state index in [9.17, 15) is 4.79 Å². The number of benzene rings is 2. The topological polar surface area (TPSA) is 48.0 Å². The fraction of sp³-hybridized carbons (Fsp3) is 0.633. The van der Waals surface area contributed by atoms with E-state index in [2.05, 4.69) is 55.1 Å². The predicted molar refractivity (Wildman–Crippen MR) is 141 cm³/mol. The van der Waals surface area contributed by atoms with Crippen LogP contribution >= 0.6 is 0 Å². The zero-order chi connectivity index (χ0) is 24.6. The van der Waals surface area contributed by atoms with Gasteiger partial charge in [0.1, 0.15) is 5.75 Å². The van der Waals surface area contributed by atoms with Crippen molar-refractivity contribution in [2.24, 2.45) is 17.8 Å². The van der Waals surface area contributed by atoms with Crippen LogP contribution in [0.3, 0.4) is 0 Å². The largest absolute Gasteiger partial charge is 0.490 e. The quantitative estimate of drug-likeness (QED) is 0.377. The van der Waals surface area contributed by atoms with E-state index in [4.69, 9.17) is 14.2 Å². The first-order valence-electron chi connectivity index (χ1n) is 13.7. The summed E-state index contributed by atoms with van der Waals surface area (Å²) in [5.41, 5.74) is 1.32. The molecule has 0 amide bonds. The Balaban J connectivity index is 1.25. The molecule has 192 valence electrons. The molecule has 1 aliphatic carbocycles. The van der Waals surface area contributed by atoms with Gasteiger partial charge in [-0.25, -0.2) is 0 Å². The number of fused-ring (bicyclic) bond motifs is 1. The Morgan fingerprint density at radius 2 is 1.69 bits per heavy atom. The first kappa shape index (κ1) is 26.0. The van der Waals surface area contributed by atoms with Gasteiger partial charge in [0.05, 0.1) is 18.6 Å². The first-order chi connectivity index (χ1) is 17.0. The lowest BCUT2D eigenvalue weighted by atomic mass is 9.88. The van der Waals surface area contributed by atoms with E-state index in [-0.39, 0.29) is 11.9 Å². The maximum absolute atomic E-state index is 12.0. The van der Waals surface area contributed by atoms with E-state index in [0.717, 1.165) is 64.3 Å². The van der Waals surface area contributed by atoms with Crippen molar-refractivity contribution < 1.29 is 19.0 Å². The van der Waals surface area contributed by atoms with Crippen molar-refractivity contribution in [3.05, 3.63) is 42.0 Å². The molecule has 0 bridgehead atoms. The molecule has 2 aromatic rings. The van der Waals surface area contributed by atoms with Gasteiger partial charge < -0.3 is 14.2 Å². The summed E-state index contributed by atoms with van der Waals surface area (Å²) in [6, 6.07) is 13.2. The Kier molecular flexibility index (Phi) is 9.45. The van der Waals surface area contributed by atoms with Gasteiger partial charge in [-0.2, -0.15) is 0 Å². The Hall–Kier alpha value is -2.11. The van der Waals surface area contributed by atoms with Gasteiger partial charge in [-0.05, 0) is 105 Å². The second-order valence-corrected chi connectivity index (χ2v) is 10.8. The van der Waals surface area contributed by atoms with Crippen LogP contribution in [0.1, 0.15) is 64.9 Å². The average Bonchev–Trinajstić information content (AvgIpc) is 2.85. The highest BCUT2D eigenvalue weighted by molar-refractivity contribution is 5.84. The molecule has 1 aliphatic heterocycles. The highest BCUT2D eigenvalue weighted by atomic mass is 16.5. The van der Waals surface area contributed by atoms with Gasteiger partial charge in [-0.3, -0.25) is 9.69 Å². The molecule has 35 heavy (non-hydrogen) atoms. The second kappa shape index (κ2) is 12.7. The van der Waals surface area contributed by atoms with Gasteiger partial charge in [0.25, 0.3) is 0 Å². The summed E-state index contributed by atoms with van der Waals surface area (Å²) in [7, 11) is 0. The third-order valence-electron chi connectivity index (χ3n) is 7.39. The molecule has 2 aliphatic rings. The zero-order valence-electron chi connectivity index (χ0n) is 21.8. The van der Waals surface area contributed by atoms with Gasteiger partial charge in [0, 0.05) is 19.8 Å². The molecular weight excluding hydrogens is 438 g/mol. The van der Waals surface area contributed by atoms with Crippen LogP contribution in [0.4, 0.5) is 0 Å². The van der Waals surface area contributed by atoms with Crippen molar-refractivity contribution in [1.29, 1.82) is 0 Å². The Morgan fingerprint density at radius 3 is 2.40 bits per heavy atom. The number of carbonyl (C=O) groups excluding carboxylic acids is 1. The van der Waals surface area contributed by atoms with Crippen molar-refractivity contribution >= 4 is 16.7 Å². The molecule has 4 rings (SSSR count). The lowest BCUT2D eigenvalue weighted by molar-refractivity contribution is -0.149. The molecule has 0 aromatic heterocycles. The van der Waals surface area contributed by atoms with Crippen molar-refractivity contribution in [3.63, 3.8) is 0 Å². The molecule has 0 unspecified atom stereocenters. The second-order valence-electron chi connectivity index (χ2n) is 10.8. The van der Waals surface area contributed by atoms with Gasteiger partial charge in [0.2, 0.25) is 0 Å². The van der Waals surface area contributed by atoms with Crippen molar-refractivity contribution in [3.8, 4) is 5.75 Å². The molecule has 2 fully saturated rings. The molecule has 1 heterocycles. The lowest BCUT2D eigenvalue weighted by Gasteiger charge is -2.30. The van der Waals surface area contributed by atoms with Crippen LogP contribution in [0.2, 0.25) is 0 Å². The number of rotatable bonds is 10. The van der Waals surface area contributed by atoms with Crippen LogP contribution in [0.25, 0.3) is 10.8 Å². The molecule has 1 saturated heterocycles. The third kappa shape index (κ3) is 7.68. The number of esters is 1. The van der Waals surface area contributed by atoms with Crippen molar-refractivity contribution in [1.82, 2.24) is 4.90 Å². The van der Waals surface area contributed by atoms with E-state index in [0.29, 0.717) is 24.5 Å². The number of nitrogens with zero attached hydrogens (tertiary/aromatic N) is 1. The van der Waals surface area contributed by atoms with Gasteiger partial charge in [-0.1, -0.05) is 32.0 Å². The summed E-state index contributed by atoms with van der Waals surface area (Å²) >= 11 is 0. The van der Waals surface area contributed by atoms with Gasteiger partial charge in [0.15, 0.2) is 0 Å². The van der Waals surface area contributed by atoms with Gasteiger partial charge in [-0.15, -0.1) is 0 Å². The summed E-state index contributed by atoms with van der Waals surface area (Å²) in [4.78, 5) is 14.4. The monoisotopic (exact) mass is 481 g/mol. The van der Waals surface area contributed by atoms with Crippen LogP contribution in [0.5, 0.6) is 5.75 Å².